The average molecular weight is 854 g/mol. The Labute approximate surface area is 297 Å². The Morgan fingerprint density at radius 1 is 1.11 bits per heavy atom. The second-order valence-corrected chi connectivity index (χ2v) is 13.8. The van der Waals surface area contributed by atoms with Gasteiger partial charge in [0.1, 0.15) is 12.4 Å². The lowest BCUT2D eigenvalue weighted by atomic mass is 9.95. The van der Waals surface area contributed by atoms with Gasteiger partial charge in [0.25, 0.3) is 5.56 Å². The fourth-order valence-corrected chi connectivity index (χ4v) is 8.22. The number of hydrogen-bond donors (Lipinski definition) is 0. The maximum atomic E-state index is 14.4. The number of alkyl halides is 3. The van der Waals surface area contributed by atoms with E-state index < -0.39 is 35.0 Å². The van der Waals surface area contributed by atoms with Gasteiger partial charge in [0, 0.05) is 5.02 Å². The minimum atomic E-state index is -5.00. The minimum Gasteiger partial charge on any atom is -0.487 e. The van der Waals surface area contributed by atoms with Crippen LogP contribution in [0.5, 0.6) is 5.75 Å². The molecule has 0 N–H and O–H groups in total. The van der Waals surface area contributed by atoms with Crippen molar-refractivity contribution in [2.45, 2.75) is 25.7 Å². The third-order valence-electron chi connectivity index (χ3n) is 7.35. The average Bonchev–Trinajstić information content (AvgIpc) is 3.34. The molecule has 2 heterocycles. The van der Waals surface area contributed by atoms with Crippen LogP contribution in [0.3, 0.4) is 0 Å². The molecule has 13 heteroatoms. The molecule has 0 saturated carbocycles. The van der Waals surface area contributed by atoms with Crippen LogP contribution in [0, 0.1) is 3.57 Å². The number of allylic oxidation sites excluding steroid dienone is 1. The zero-order valence-electron chi connectivity index (χ0n) is 24.3. The van der Waals surface area contributed by atoms with Crippen LogP contribution in [0.1, 0.15) is 29.7 Å². The largest absolute Gasteiger partial charge is 0.487 e. The summed E-state index contributed by atoms with van der Waals surface area (Å²) in [6, 6.07) is 22.1. The quantitative estimate of drug-likeness (QED) is 0.123. The standard InChI is InChI=1S/C34H22BrClF3IN2O4S/c1-2-45-32(44)27-28(20-10-12-22(36)13-11-20)42-31(43)26(47-33(42)41-30(27)34(37,38)39)16-18-14-24(35)29(25(40)15-18)46-17-21-8-5-7-19-6-3-4-9-23(19)21/h3-16,28H,2,17H2,1H3/b26-16-/t28-/m0/s1. The van der Waals surface area contributed by atoms with E-state index in [-0.39, 0.29) is 21.5 Å². The second-order valence-electron chi connectivity index (χ2n) is 10.4. The highest BCUT2D eigenvalue weighted by Gasteiger charge is 2.45. The van der Waals surface area contributed by atoms with E-state index in [1.165, 1.54) is 31.2 Å². The van der Waals surface area contributed by atoms with Gasteiger partial charge in [0.2, 0.25) is 0 Å². The van der Waals surface area contributed by atoms with Gasteiger partial charge in [-0.15, -0.1) is 0 Å². The topological polar surface area (TPSA) is 69.9 Å². The van der Waals surface area contributed by atoms with Crippen molar-refractivity contribution >= 4 is 84.3 Å². The summed E-state index contributed by atoms with van der Waals surface area (Å²) in [6.07, 6.45) is -3.42. The summed E-state index contributed by atoms with van der Waals surface area (Å²) in [5.41, 5.74) is -0.926. The Kier molecular flexibility index (Phi) is 9.66. The van der Waals surface area contributed by atoms with Crippen molar-refractivity contribution in [2.24, 2.45) is 4.99 Å². The Balaban J connectivity index is 1.42. The van der Waals surface area contributed by atoms with Crippen molar-refractivity contribution in [2.75, 3.05) is 6.61 Å². The molecule has 0 saturated heterocycles. The van der Waals surface area contributed by atoms with Crippen LogP contribution in [-0.4, -0.2) is 23.3 Å². The number of carbonyl (C=O) groups excluding carboxylic acids is 1. The molecule has 47 heavy (non-hydrogen) atoms. The van der Waals surface area contributed by atoms with E-state index in [0.717, 1.165) is 35.8 Å². The summed E-state index contributed by atoms with van der Waals surface area (Å²) in [4.78, 5) is 30.5. The van der Waals surface area contributed by atoms with E-state index in [2.05, 4.69) is 43.5 Å². The lowest BCUT2D eigenvalue weighted by molar-refractivity contribution is -0.140. The highest BCUT2D eigenvalue weighted by Crippen LogP contribution is 2.39. The van der Waals surface area contributed by atoms with E-state index in [1.807, 2.05) is 48.5 Å². The molecule has 1 atom stereocenters. The molecule has 6 rings (SSSR count). The van der Waals surface area contributed by atoms with Gasteiger partial charge in [-0.25, -0.2) is 9.79 Å². The van der Waals surface area contributed by atoms with Crippen LogP contribution in [0.15, 0.2) is 104 Å². The monoisotopic (exact) mass is 852 g/mol. The molecule has 0 bridgehead atoms. The van der Waals surface area contributed by atoms with Gasteiger partial charge in [0.05, 0.1) is 30.8 Å². The summed E-state index contributed by atoms with van der Waals surface area (Å²) in [6.45, 7) is 1.64. The maximum Gasteiger partial charge on any atom is 0.434 e. The van der Waals surface area contributed by atoms with Crippen molar-refractivity contribution in [3.8, 4) is 5.75 Å². The van der Waals surface area contributed by atoms with Crippen LogP contribution in [0.25, 0.3) is 16.8 Å². The van der Waals surface area contributed by atoms with Gasteiger partial charge in [-0.05, 0) is 103 Å². The van der Waals surface area contributed by atoms with E-state index >= 15 is 0 Å². The SMILES string of the molecule is CCOC(=O)C1=C(C(F)(F)F)N=c2s/c(=C\c3cc(Br)c(OCc4cccc5ccccc45)c(I)c3)c(=O)n2[C@H]1c1ccc(Cl)cc1. The van der Waals surface area contributed by atoms with Crippen molar-refractivity contribution in [1.82, 2.24) is 4.57 Å². The fourth-order valence-electron chi connectivity index (χ4n) is 5.32. The molecule has 6 nitrogen and oxygen atoms in total. The summed E-state index contributed by atoms with van der Waals surface area (Å²) < 4.78 is 57.0. The zero-order valence-corrected chi connectivity index (χ0v) is 29.6. The number of rotatable bonds is 7. The number of ether oxygens (including phenoxy) is 2. The Morgan fingerprint density at radius 3 is 2.53 bits per heavy atom. The van der Waals surface area contributed by atoms with Gasteiger partial charge in [0.15, 0.2) is 10.5 Å². The summed E-state index contributed by atoms with van der Waals surface area (Å²) >= 11 is 12.6. The zero-order chi connectivity index (χ0) is 33.5. The van der Waals surface area contributed by atoms with Gasteiger partial charge >= 0.3 is 12.1 Å². The number of esters is 1. The van der Waals surface area contributed by atoms with Gasteiger partial charge in [-0.2, -0.15) is 13.2 Å². The van der Waals surface area contributed by atoms with Crippen LogP contribution in [-0.2, 0) is 16.1 Å². The van der Waals surface area contributed by atoms with Gasteiger partial charge < -0.3 is 9.47 Å². The minimum absolute atomic E-state index is 0.126. The van der Waals surface area contributed by atoms with Crippen LogP contribution in [0.4, 0.5) is 13.2 Å². The Bertz CT molecular complexity index is 2220. The fraction of sp³-hybridized carbons (Fsp3) is 0.147. The van der Waals surface area contributed by atoms with Crippen molar-refractivity contribution < 1.29 is 27.4 Å². The number of aromatic nitrogens is 1. The third-order valence-corrected chi connectivity index (χ3v) is 9.98. The van der Waals surface area contributed by atoms with Crippen molar-refractivity contribution in [3.63, 3.8) is 0 Å². The smallest absolute Gasteiger partial charge is 0.434 e. The van der Waals surface area contributed by atoms with E-state index in [1.54, 1.807) is 12.1 Å². The molecule has 240 valence electrons. The van der Waals surface area contributed by atoms with Gasteiger partial charge in [-0.1, -0.05) is 77.5 Å². The molecule has 0 fully saturated rings. The Hall–Kier alpha value is -3.46. The number of carbonyl (C=O) groups is 1. The highest BCUT2D eigenvalue weighted by molar-refractivity contribution is 14.1. The number of thiazole rings is 1. The molecule has 0 aliphatic carbocycles. The third kappa shape index (κ3) is 6.78. The molecule has 5 aromatic rings. The van der Waals surface area contributed by atoms with Crippen LogP contribution >= 0.6 is 61.5 Å². The molecular formula is C34H22BrClF3IN2O4S. The first kappa shape index (κ1) is 33.4. The predicted octanol–water partition coefficient (Wildman–Crippen LogP) is 8.09. The lowest BCUT2D eigenvalue weighted by Gasteiger charge is -2.26. The normalized spacial score (nSPS) is 15.0. The molecule has 0 amide bonds. The van der Waals surface area contributed by atoms with Crippen LogP contribution < -0.4 is 19.6 Å². The molecule has 0 radical (unpaired) electrons. The molecule has 1 aromatic heterocycles. The maximum absolute atomic E-state index is 14.4. The van der Waals surface area contributed by atoms with Crippen molar-refractivity contribution in [1.29, 1.82) is 0 Å². The number of benzene rings is 4. The summed E-state index contributed by atoms with van der Waals surface area (Å²) in [5, 5.41) is 2.53. The molecular weight excluding hydrogens is 832 g/mol. The first-order valence-electron chi connectivity index (χ1n) is 14.1. The molecule has 4 aromatic carbocycles. The second kappa shape index (κ2) is 13.6. The molecule has 0 spiro atoms. The lowest BCUT2D eigenvalue weighted by Crippen LogP contribution is -2.41. The molecule has 0 unspecified atom stereocenters. The van der Waals surface area contributed by atoms with Crippen molar-refractivity contribution in [3.05, 3.63) is 140 Å². The summed E-state index contributed by atoms with van der Waals surface area (Å²) in [5.74, 6) is -0.607. The first-order chi connectivity index (χ1) is 22.5. The summed E-state index contributed by atoms with van der Waals surface area (Å²) in [7, 11) is 0. The Morgan fingerprint density at radius 2 is 1.83 bits per heavy atom. The predicted molar refractivity (Wildman–Crippen MR) is 187 cm³/mol. The highest BCUT2D eigenvalue weighted by atomic mass is 127. The number of hydrogen-bond acceptors (Lipinski definition) is 6. The first-order valence-corrected chi connectivity index (χ1v) is 17.2. The van der Waals surface area contributed by atoms with E-state index in [9.17, 15) is 22.8 Å². The number of halogens is 6. The molecule has 1 aliphatic heterocycles. The van der Waals surface area contributed by atoms with E-state index in [4.69, 9.17) is 21.1 Å². The number of nitrogens with zero attached hydrogens (tertiary/aromatic N) is 2. The van der Waals surface area contributed by atoms with E-state index in [0.29, 0.717) is 27.4 Å². The number of fused-ring (bicyclic) bond motifs is 2. The van der Waals surface area contributed by atoms with Gasteiger partial charge in [-0.3, -0.25) is 9.36 Å². The molecule has 1 aliphatic rings. The van der Waals surface area contributed by atoms with Crippen LogP contribution in [0.2, 0.25) is 5.02 Å².